The summed E-state index contributed by atoms with van der Waals surface area (Å²) >= 11 is 3.47. The van der Waals surface area contributed by atoms with Gasteiger partial charge in [-0.05, 0) is 67.0 Å². The van der Waals surface area contributed by atoms with Gasteiger partial charge in [0.2, 0.25) is 0 Å². The minimum Gasteiger partial charge on any atom is -0.321 e. The van der Waals surface area contributed by atoms with Gasteiger partial charge >= 0.3 is 0 Å². The minimum atomic E-state index is -0.326. The van der Waals surface area contributed by atoms with Crippen molar-refractivity contribution in [2.45, 2.75) is 38.1 Å². The summed E-state index contributed by atoms with van der Waals surface area (Å²) in [5, 5.41) is 0. The summed E-state index contributed by atoms with van der Waals surface area (Å²) in [5.41, 5.74) is 11.8. The fraction of sp³-hybridized carbons (Fsp3) is 0.333. The Balaban J connectivity index is 1.84. The van der Waals surface area contributed by atoms with Crippen molar-refractivity contribution >= 4 is 15.9 Å². The normalized spacial score (nSPS) is 16.8. The highest BCUT2D eigenvalue weighted by atomic mass is 79.9. The van der Waals surface area contributed by atoms with Gasteiger partial charge in [0, 0.05) is 10.0 Å². The van der Waals surface area contributed by atoms with Crippen molar-refractivity contribution in [2.75, 3.05) is 0 Å². The number of nitrogens with two attached hydrogens (primary N) is 1. The topological polar surface area (TPSA) is 26.0 Å². The molecule has 2 aromatic rings. The lowest BCUT2D eigenvalue weighted by Gasteiger charge is -2.26. The largest absolute Gasteiger partial charge is 0.321 e. The fourth-order valence-corrected chi connectivity index (χ4v) is 3.36. The predicted molar refractivity (Wildman–Crippen MR) is 87.9 cm³/mol. The summed E-state index contributed by atoms with van der Waals surface area (Å²) < 4.78 is 1.09. The molecular weight excluding hydrogens is 310 g/mol. The zero-order valence-corrected chi connectivity index (χ0v) is 13.4. The third kappa shape index (κ3) is 2.82. The Morgan fingerprint density at radius 3 is 2.50 bits per heavy atom. The van der Waals surface area contributed by atoms with Crippen molar-refractivity contribution in [3.63, 3.8) is 0 Å². The maximum atomic E-state index is 6.55. The Bertz CT molecular complexity index is 614. The first-order valence-electron chi connectivity index (χ1n) is 7.20. The molecule has 20 heavy (non-hydrogen) atoms. The van der Waals surface area contributed by atoms with Gasteiger partial charge < -0.3 is 5.73 Å². The highest BCUT2D eigenvalue weighted by molar-refractivity contribution is 9.10. The van der Waals surface area contributed by atoms with E-state index in [2.05, 4.69) is 65.3 Å². The first-order valence-corrected chi connectivity index (χ1v) is 7.99. The van der Waals surface area contributed by atoms with E-state index < -0.39 is 0 Å². The molecule has 0 radical (unpaired) electrons. The zero-order chi connectivity index (χ0) is 14.2. The summed E-state index contributed by atoms with van der Waals surface area (Å²) in [5.74, 6) is 0. The first-order chi connectivity index (χ1) is 9.54. The van der Waals surface area contributed by atoms with Gasteiger partial charge in [-0.2, -0.15) is 0 Å². The summed E-state index contributed by atoms with van der Waals surface area (Å²) in [6, 6.07) is 15.2. The van der Waals surface area contributed by atoms with E-state index in [0.29, 0.717) is 0 Å². The molecule has 0 fully saturated rings. The molecule has 0 aromatic heterocycles. The number of benzene rings is 2. The average Bonchev–Trinajstić information content (AvgIpc) is 2.86. The van der Waals surface area contributed by atoms with Crippen molar-refractivity contribution in [2.24, 2.45) is 5.73 Å². The number of hydrogen-bond donors (Lipinski definition) is 1. The molecule has 0 spiro atoms. The van der Waals surface area contributed by atoms with Gasteiger partial charge in [0.25, 0.3) is 0 Å². The monoisotopic (exact) mass is 329 g/mol. The molecule has 0 saturated carbocycles. The molecule has 1 nitrogen and oxygen atoms in total. The quantitative estimate of drug-likeness (QED) is 0.889. The highest BCUT2D eigenvalue weighted by Crippen LogP contribution is 2.28. The van der Waals surface area contributed by atoms with Crippen molar-refractivity contribution in [3.8, 4) is 0 Å². The molecule has 3 rings (SSSR count). The number of aryl methyl sites for hydroxylation is 2. The van der Waals surface area contributed by atoms with E-state index in [0.717, 1.165) is 10.9 Å². The van der Waals surface area contributed by atoms with Gasteiger partial charge in [-0.3, -0.25) is 0 Å². The average molecular weight is 330 g/mol. The van der Waals surface area contributed by atoms with E-state index in [1.807, 2.05) is 0 Å². The molecule has 2 N–H and O–H groups in total. The summed E-state index contributed by atoms with van der Waals surface area (Å²) in [6.45, 7) is 2.11. The van der Waals surface area contributed by atoms with Gasteiger partial charge in [0.1, 0.15) is 0 Å². The molecule has 1 unspecified atom stereocenters. The maximum absolute atomic E-state index is 6.55. The van der Waals surface area contributed by atoms with Gasteiger partial charge in [0.15, 0.2) is 0 Å². The lowest BCUT2D eigenvalue weighted by molar-refractivity contribution is 0.491. The molecule has 2 heteroatoms. The van der Waals surface area contributed by atoms with E-state index in [-0.39, 0.29) is 5.54 Å². The van der Waals surface area contributed by atoms with Crippen LogP contribution in [0.3, 0.4) is 0 Å². The molecule has 2 aromatic carbocycles. The molecule has 0 saturated heterocycles. The van der Waals surface area contributed by atoms with Gasteiger partial charge in [0.05, 0.1) is 0 Å². The second-order valence-electron chi connectivity index (χ2n) is 6.06. The van der Waals surface area contributed by atoms with Crippen LogP contribution in [0.5, 0.6) is 0 Å². The highest BCUT2D eigenvalue weighted by Gasteiger charge is 2.22. The third-order valence-corrected chi connectivity index (χ3v) is 4.77. The summed E-state index contributed by atoms with van der Waals surface area (Å²) in [6.07, 6.45) is 4.64. The smallest absolute Gasteiger partial charge is 0.0421 e. The van der Waals surface area contributed by atoms with Crippen molar-refractivity contribution in [3.05, 3.63) is 69.2 Å². The maximum Gasteiger partial charge on any atom is 0.0421 e. The third-order valence-electron chi connectivity index (χ3n) is 4.24. The molecule has 1 atom stereocenters. The van der Waals surface area contributed by atoms with Crippen LogP contribution in [0.15, 0.2) is 46.9 Å². The molecular formula is C18H20BrN. The number of rotatable bonds is 3. The van der Waals surface area contributed by atoms with E-state index in [1.165, 1.54) is 41.5 Å². The van der Waals surface area contributed by atoms with Gasteiger partial charge in [-0.25, -0.2) is 0 Å². The lowest BCUT2D eigenvalue weighted by atomic mass is 9.86. The SMILES string of the molecule is CC(N)(Cc1ccc2c(c1)CCC2)c1ccc(Br)cc1. The zero-order valence-electron chi connectivity index (χ0n) is 11.8. The number of halogens is 1. The van der Waals surface area contributed by atoms with Crippen LogP contribution in [0.2, 0.25) is 0 Å². The molecule has 0 amide bonds. The van der Waals surface area contributed by atoms with Crippen LogP contribution in [0, 0.1) is 0 Å². The summed E-state index contributed by atoms with van der Waals surface area (Å²) in [4.78, 5) is 0. The summed E-state index contributed by atoms with van der Waals surface area (Å²) in [7, 11) is 0. The molecule has 0 aliphatic heterocycles. The molecule has 0 bridgehead atoms. The number of hydrogen-bond acceptors (Lipinski definition) is 1. The van der Waals surface area contributed by atoms with E-state index in [9.17, 15) is 0 Å². The Labute approximate surface area is 129 Å². The fourth-order valence-electron chi connectivity index (χ4n) is 3.09. The van der Waals surface area contributed by atoms with Crippen molar-refractivity contribution < 1.29 is 0 Å². The first kappa shape index (κ1) is 13.8. The molecule has 0 heterocycles. The van der Waals surface area contributed by atoms with Crippen LogP contribution < -0.4 is 5.73 Å². The minimum absolute atomic E-state index is 0.326. The van der Waals surface area contributed by atoms with Crippen LogP contribution in [-0.4, -0.2) is 0 Å². The Kier molecular flexibility index (Phi) is 3.70. The standard InChI is InChI=1S/C18H20BrN/c1-18(20,16-7-9-17(19)10-8-16)12-13-5-6-14-3-2-4-15(14)11-13/h5-11H,2-4,12,20H2,1H3. The van der Waals surface area contributed by atoms with Crippen LogP contribution in [0.4, 0.5) is 0 Å². The molecule has 1 aliphatic rings. The predicted octanol–water partition coefficient (Wildman–Crippen LogP) is 4.35. The lowest BCUT2D eigenvalue weighted by Crippen LogP contribution is -2.35. The van der Waals surface area contributed by atoms with Crippen molar-refractivity contribution in [1.82, 2.24) is 0 Å². The van der Waals surface area contributed by atoms with Gasteiger partial charge in [-0.1, -0.05) is 46.3 Å². The second kappa shape index (κ2) is 5.34. The Hall–Kier alpha value is -1.12. The van der Waals surface area contributed by atoms with Crippen LogP contribution in [0.25, 0.3) is 0 Å². The van der Waals surface area contributed by atoms with E-state index in [1.54, 1.807) is 0 Å². The molecule has 104 valence electrons. The van der Waals surface area contributed by atoms with Crippen LogP contribution >= 0.6 is 15.9 Å². The van der Waals surface area contributed by atoms with E-state index in [4.69, 9.17) is 5.73 Å². The van der Waals surface area contributed by atoms with Gasteiger partial charge in [-0.15, -0.1) is 0 Å². The van der Waals surface area contributed by atoms with Crippen molar-refractivity contribution in [1.29, 1.82) is 0 Å². The Morgan fingerprint density at radius 1 is 1.05 bits per heavy atom. The van der Waals surface area contributed by atoms with Crippen LogP contribution in [0.1, 0.15) is 35.6 Å². The second-order valence-corrected chi connectivity index (χ2v) is 6.97. The Morgan fingerprint density at radius 2 is 1.75 bits per heavy atom. The number of fused-ring (bicyclic) bond motifs is 1. The molecule has 1 aliphatic carbocycles. The van der Waals surface area contributed by atoms with E-state index >= 15 is 0 Å². The van der Waals surface area contributed by atoms with Crippen LogP contribution in [-0.2, 0) is 24.8 Å².